The summed E-state index contributed by atoms with van der Waals surface area (Å²) in [6, 6.07) is 40.3. The van der Waals surface area contributed by atoms with E-state index in [1.54, 1.807) is 11.8 Å². The molecule has 4 aromatic carbocycles. The van der Waals surface area contributed by atoms with Gasteiger partial charge in [0.15, 0.2) is 0 Å². The standard InChI is InChI=1S/C12H10O.C12H10S.C4H10O.4C2H6/c2*1-3-7-11(8-4-1)13-12-9-5-2-6-10-12;1-3-5-4-2;4*1-2/h2*1-10H;3-4H2,1-2H3;4*1-2H3. The lowest BCUT2D eigenvalue weighted by Crippen LogP contribution is -1.84. The fraction of sp³-hybridized carbons (Fsp3) is 0.333. The van der Waals surface area contributed by atoms with Crippen LogP contribution in [0.1, 0.15) is 69.2 Å². The lowest BCUT2D eigenvalue weighted by Gasteiger charge is -2.03. The highest BCUT2D eigenvalue weighted by atomic mass is 32.2. The van der Waals surface area contributed by atoms with Crippen molar-refractivity contribution >= 4 is 11.8 Å². The Labute approximate surface area is 245 Å². The van der Waals surface area contributed by atoms with Crippen molar-refractivity contribution in [2.75, 3.05) is 13.2 Å². The van der Waals surface area contributed by atoms with Crippen LogP contribution in [-0.2, 0) is 4.74 Å². The Morgan fingerprint density at radius 1 is 0.410 bits per heavy atom. The van der Waals surface area contributed by atoms with Crippen LogP contribution in [0.5, 0.6) is 11.5 Å². The Hall–Kier alpha value is -3.01. The average molecular weight is 551 g/mol. The number of ether oxygens (including phenoxy) is 2. The molecule has 0 atom stereocenters. The smallest absolute Gasteiger partial charge is 0.127 e. The van der Waals surface area contributed by atoms with Gasteiger partial charge in [-0.05, 0) is 62.4 Å². The maximum absolute atomic E-state index is 5.58. The zero-order valence-electron chi connectivity index (χ0n) is 26.2. The summed E-state index contributed by atoms with van der Waals surface area (Å²) in [5, 5.41) is 0. The normalized spacial score (nSPS) is 8.15. The molecule has 0 radical (unpaired) electrons. The van der Waals surface area contributed by atoms with Crippen LogP contribution in [0.3, 0.4) is 0 Å². The molecule has 0 aliphatic rings. The quantitative estimate of drug-likeness (QED) is 0.238. The highest BCUT2D eigenvalue weighted by molar-refractivity contribution is 7.99. The van der Waals surface area contributed by atoms with Crippen LogP contribution in [0.4, 0.5) is 0 Å². The van der Waals surface area contributed by atoms with E-state index in [1.165, 1.54) is 9.79 Å². The lowest BCUT2D eigenvalue weighted by molar-refractivity contribution is 0.162. The molecule has 0 bridgehead atoms. The van der Waals surface area contributed by atoms with Gasteiger partial charge in [0.2, 0.25) is 0 Å². The number of rotatable bonds is 6. The van der Waals surface area contributed by atoms with Crippen LogP contribution < -0.4 is 4.74 Å². The van der Waals surface area contributed by atoms with Crippen LogP contribution >= 0.6 is 11.8 Å². The maximum Gasteiger partial charge on any atom is 0.127 e. The maximum atomic E-state index is 5.58. The zero-order valence-corrected chi connectivity index (χ0v) is 27.0. The minimum absolute atomic E-state index is 0.844. The second-order valence-corrected chi connectivity index (χ2v) is 7.38. The first-order valence-electron chi connectivity index (χ1n) is 14.5. The van der Waals surface area contributed by atoms with Gasteiger partial charge >= 0.3 is 0 Å². The molecule has 0 aliphatic carbocycles. The van der Waals surface area contributed by atoms with Gasteiger partial charge in [0.25, 0.3) is 0 Å². The Bertz CT molecular complexity index is 761. The van der Waals surface area contributed by atoms with Gasteiger partial charge in [0, 0.05) is 23.0 Å². The number of benzene rings is 4. The summed E-state index contributed by atoms with van der Waals surface area (Å²) in [5.41, 5.74) is 0. The van der Waals surface area contributed by atoms with E-state index in [2.05, 4.69) is 48.5 Å². The van der Waals surface area contributed by atoms with Gasteiger partial charge in [-0.25, -0.2) is 0 Å². The second kappa shape index (κ2) is 35.0. The highest BCUT2D eigenvalue weighted by Crippen LogP contribution is 2.26. The van der Waals surface area contributed by atoms with Crippen molar-refractivity contribution in [3.63, 3.8) is 0 Å². The Kier molecular flexibility index (Phi) is 36.3. The summed E-state index contributed by atoms with van der Waals surface area (Å²) in [6.45, 7) is 21.7. The highest BCUT2D eigenvalue weighted by Gasteiger charge is 1.94. The molecule has 0 unspecified atom stereocenters. The number of hydrogen-bond acceptors (Lipinski definition) is 3. The van der Waals surface area contributed by atoms with Crippen molar-refractivity contribution in [1.82, 2.24) is 0 Å². The van der Waals surface area contributed by atoms with E-state index >= 15 is 0 Å². The first-order chi connectivity index (χ1) is 19.3. The van der Waals surface area contributed by atoms with Crippen LogP contribution in [0, 0.1) is 0 Å². The minimum Gasteiger partial charge on any atom is -0.457 e. The zero-order chi connectivity index (χ0) is 30.0. The van der Waals surface area contributed by atoms with Crippen molar-refractivity contribution in [2.24, 2.45) is 0 Å². The molecule has 0 aliphatic heterocycles. The Balaban J connectivity index is -0.000000469. The van der Waals surface area contributed by atoms with Crippen molar-refractivity contribution in [3.05, 3.63) is 121 Å². The molecule has 0 aromatic heterocycles. The largest absolute Gasteiger partial charge is 0.457 e. The molecule has 0 saturated heterocycles. The summed E-state index contributed by atoms with van der Waals surface area (Å²) in [6.07, 6.45) is 0. The van der Waals surface area contributed by atoms with Gasteiger partial charge in [0.1, 0.15) is 11.5 Å². The van der Waals surface area contributed by atoms with Crippen molar-refractivity contribution in [2.45, 2.75) is 79.0 Å². The van der Waals surface area contributed by atoms with E-state index in [4.69, 9.17) is 9.47 Å². The third kappa shape index (κ3) is 25.0. The summed E-state index contributed by atoms with van der Waals surface area (Å²) in [4.78, 5) is 2.57. The van der Waals surface area contributed by atoms with Crippen LogP contribution in [0.25, 0.3) is 0 Å². The van der Waals surface area contributed by atoms with Crippen LogP contribution in [-0.4, -0.2) is 13.2 Å². The van der Waals surface area contributed by atoms with Gasteiger partial charge < -0.3 is 9.47 Å². The van der Waals surface area contributed by atoms with Gasteiger partial charge in [-0.1, -0.05) is 140 Å². The Morgan fingerprint density at radius 2 is 0.667 bits per heavy atom. The first-order valence-corrected chi connectivity index (χ1v) is 15.3. The fourth-order valence-electron chi connectivity index (χ4n) is 2.43. The van der Waals surface area contributed by atoms with Gasteiger partial charge in [-0.3, -0.25) is 0 Å². The van der Waals surface area contributed by atoms with Crippen molar-refractivity contribution < 1.29 is 9.47 Å². The van der Waals surface area contributed by atoms with Gasteiger partial charge in [-0.2, -0.15) is 0 Å². The lowest BCUT2D eigenvalue weighted by atomic mass is 10.3. The summed E-state index contributed by atoms with van der Waals surface area (Å²) >= 11 is 1.79. The van der Waals surface area contributed by atoms with Crippen molar-refractivity contribution in [3.8, 4) is 11.5 Å². The topological polar surface area (TPSA) is 18.5 Å². The monoisotopic (exact) mass is 550 g/mol. The predicted octanol–water partition coefficient (Wildman–Crippen LogP) is 12.5. The van der Waals surface area contributed by atoms with Crippen LogP contribution in [0.2, 0.25) is 0 Å². The second-order valence-electron chi connectivity index (χ2n) is 6.24. The number of hydrogen-bond donors (Lipinski definition) is 0. The van der Waals surface area contributed by atoms with E-state index < -0.39 is 0 Å². The van der Waals surface area contributed by atoms with E-state index in [9.17, 15) is 0 Å². The molecule has 0 spiro atoms. The molecule has 2 nitrogen and oxygen atoms in total. The SMILES string of the molecule is CC.CC.CC.CC.CCOCC.c1ccc(Oc2ccccc2)cc1.c1ccc(Sc2ccccc2)cc1. The van der Waals surface area contributed by atoms with Crippen LogP contribution in [0.15, 0.2) is 131 Å². The van der Waals surface area contributed by atoms with E-state index in [0.717, 1.165) is 24.7 Å². The summed E-state index contributed by atoms with van der Waals surface area (Å²) < 4.78 is 10.4. The van der Waals surface area contributed by atoms with Crippen molar-refractivity contribution in [1.29, 1.82) is 0 Å². The summed E-state index contributed by atoms with van der Waals surface area (Å²) in [7, 11) is 0. The molecule has 3 heteroatoms. The molecule has 0 amide bonds. The molecular formula is C36H54O2S. The molecule has 216 valence electrons. The molecule has 0 N–H and O–H groups in total. The van der Waals surface area contributed by atoms with Gasteiger partial charge in [-0.15, -0.1) is 0 Å². The minimum atomic E-state index is 0.844. The van der Waals surface area contributed by atoms with E-state index in [-0.39, 0.29) is 0 Å². The molecule has 39 heavy (non-hydrogen) atoms. The predicted molar refractivity (Wildman–Crippen MR) is 178 cm³/mol. The molecule has 0 fully saturated rings. The van der Waals surface area contributed by atoms with Gasteiger partial charge in [0.05, 0.1) is 0 Å². The Morgan fingerprint density at radius 3 is 0.897 bits per heavy atom. The number of para-hydroxylation sites is 2. The molecular weight excluding hydrogens is 496 g/mol. The fourth-order valence-corrected chi connectivity index (χ4v) is 3.29. The average Bonchev–Trinajstić information content (AvgIpc) is 3.04. The molecule has 4 aromatic rings. The first kappa shape index (κ1) is 40.5. The molecule has 0 heterocycles. The van der Waals surface area contributed by atoms with E-state index in [0.29, 0.717) is 0 Å². The third-order valence-electron chi connectivity index (χ3n) is 3.85. The molecule has 4 rings (SSSR count). The summed E-state index contributed by atoms with van der Waals surface area (Å²) in [5.74, 6) is 1.74. The molecule has 0 saturated carbocycles. The van der Waals surface area contributed by atoms with E-state index in [1.807, 2.05) is 142 Å². The third-order valence-corrected chi connectivity index (χ3v) is 4.87.